The number of imidazole rings is 1. The molecule has 0 bridgehead atoms. The molecule has 2 heterocycles. The number of benzene rings is 3. The summed E-state index contributed by atoms with van der Waals surface area (Å²) in [6.07, 6.45) is 5.69. The lowest BCUT2D eigenvalue weighted by Gasteiger charge is -2.14. The number of aromatic nitrogens is 3. The number of nitrogens with zero attached hydrogens (tertiary/aromatic N) is 3. The van der Waals surface area contributed by atoms with Gasteiger partial charge in [0.1, 0.15) is 11.3 Å². The summed E-state index contributed by atoms with van der Waals surface area (Å²) in [6, 6.07) is 31.4. The standard InChI is InChI=1S/C35H37N3O2/c1-25-24-32-34(26(2)36-25)37-33(15-9-14-27-10-5-3-6-11-27)38(32)31-22-18-29(19-23-31)17-21-30(35(39)40)20-16-28-12-7-4-8-13-28/h3-8,10-13,18-19,22-24,30H,9,14-17,20-21H2,1-2H3,(H,39,40). The van der Waals surface area contributed by atoms with Gasteiger partial charge in [-0.05, 0) is 87.3 Å². The maximum absolute atomic E-state index is 11.9. The van der Waals surface area contributed by atoms with Crippen LogP contribution < -0.4 is 0 Å². The van der Waals surface area contributed by atoms with Crippen LogP contribution in [0, 0.1) is 19.8 Å². The maximum atomic E-state index is 11.9. The van der Waals surface area contributed by atoms with Gasteiger partial charge in [-0.25, -0.2) is 4.98 Å². The molecule has 5 nitrogen and oxygen atoms in total. The van der Waals surface area contributed by atoms with Crippen molar-refractivity contribution in [2.24, 2.45) is 5.92 Å². The molecule has 5 aromatic rings. The first-order valence-corrected chi connectivity index (χ1v) is 14.2. The number of carboxylic acid groups (broad SMARTS) is 1. The Bertz CT molecular complexity index is 1560. The summed E-state index contributed by atoms with van der Waals surface area (Å²) in [5, 5.41) is 9.80. The SMILES string of the molecule is Cc1cc2c(nc(CCCc3ccccc3)n2-c2ccc(CCC(CCc3ccccc3)C(=O)O)cc2)c(C)n1. The number of hydrogen-bond acceptors (Lipinski definition) is 3. The van der Waals surface area contributed by atoms with Crippen molar-refractivity contribution < 1.29 is 9.90 Å². The normalized spacial score (nSPS) is 12.1. The highest BCUT2D eigenvalue weighted by atomic mass is 16.4. The average molecular weight is 532 g/mol. The van der Waals surface area contributed by atoms with E-state index in [9.17, 15) is 9.90 Å². The van der Waals surface area contributed by atoms with E-state index in [1.807, 2.05) is 32.0 Å². The van der Waals surface area contributed by atoms with Crippen LogP contribution >= 0.6 is 0 Å². The van der Waals surface area contributed by atoms with Crippen LogP contribution in [0.4, 0.5) is 0 Å². The van der Waals surface area contributed by atoms with Crippen LogP contribution in [0.1, 0.15) is 53.2 Å². The van der Waals surface area contributed by atoms with E-state index in [0.717, 1.165) is 71.6 Å². The number of hydrogen-bond donors (Lipinski definition) is 1. The highest BCUT2D eigenvalue weighted by Gasteiger charge is 2.18. The van der Waals surface area contributed by atoms with E-state index < -0.39 is 5.97 Å². The Balaban J connectivity index is 1.32. The van der Waals surface area contributed by atoms with E-state index in [4.69, 9.17) is 4.98 Å². The highest BCUT2D eigenvalue weighted by Crippen LogP contribution is 2.26. The van der Waals surface area contributed by atoms with Crippen molar-refractivity contribution >= 4 is 17.0 Å². The van der Waals surface area contributed by atoms with Crippen LogP contribution in [0.2, 0.25) is 0 Å². The second-order valence-corrected chi connectivity index (χ2v) is 10.7. The van der Waals surface area contributed by atoms with Crippen molar-refractivity contribution in [3.63, 3.8) is 0 Å². The van der Waals surface area contributed by atoms with Gasteiger partial charge in [0, 0.05) is 17.8 Å². The number of rotatable bonds is 12. The van der Waals surface area contributed by atoms with E-state index in [-0.39, 0.29) is 5.92 Å². The van der Waals surface area contributed by atoms with E-state index in [2.05, 4.69) is 82.3 Å². The largest absolute Gasteiger partial charge is 0.481 e. The first kappa shape index (κ1) is 27.3. The Labute approximate surface area is 236 Å². The van der Waals surface area contributed by atoms with E-state index in [1.54, 1.807) is 0 Å². The first-order valence-electron chi connectivity index (χ1n) is 14.2. The fourth-order valence-corrected chi connectivity index (χ4v) is 5.51. The number of aryl methyl sites for hydroxylation is 6. The van der Waals surface area contributed by atoms with Gasteiger partial charge in [-0.2, -0.15) is 0 Å². The Morgan fingerprint density at radius 3 is 1.93 bits per heavy atom. The van der Waals surface area contributed by atoms with Crippen molar-refractivity contribution in [3.05, 3.63) is 125 Å². The van der Waals surface area contributed by atoms with Crippen molar-refractivity contribution in [2.45, 2.75) is 58.8 Å². The smallest absolute Gasteiger partial charge is 0.306 e. The van der Waals surface area contributed by atoms with Crippen molar-refractivity contribution in [1.82, 2.24) is 14.5 Å². The Hall–Kier alpha value is -4.25. The van der Waals surface area contributed by atoms with E-state index in [1.165, 1.54) is 11.1 Å². The lowest BCUT2D eigenvalue weighted by atomic mass is 9.93. The molecule has 0 aliphatic carbocycles. The molecular formula is C35H37N3O2. The summed E-state index contributed by atoms with van der Waals surface area (Å²) in [5.41, 5.74) is 8.71. The van der Waals surface area contributed by atoms with Gasteiger partial charge in [-0.15, -0.1) is 0 Å². The summed E-state index contributed by atoms with van der Waals surface area (Å²) < 4.78 is 2.27. The Morgan fingerprint density at radius 1 is 0.750 bits per heavy atom. The molecule has 1 N–H and O–H groups in total. The predicted octanol–water partition coefficient (Wildman–Crippen LogP) is 7.48. The third-order valence-electron chi connectivity index (χ3n) is 7.67. The van der Waals surface area contributed by atoms with Crippen LogP contribution in [0.25, 0.3) is 16.7 Å². The van der Waals surface area contributed by atoms with Gasteiger partial charge in [0.25, 0.3) is 0 Å². The highest BCUT2D eigenvalue weighted by molar-refractivity contribution is 5.80. The van der Waals surface area contributed by atoms with Gasteiger partial charge >= 0.3 is 5.97 Å². The molecule has 0 aliphatic rings. The monoisotopic (exact) mass is 531 g/mol. The van der Waals surface area contributed by atoms with Crippen LogP contribution in [0.3, 0.4) is 0 Å². The molecule has 0 radical (unpaired) electrons. The molecule has 1 atom stereocenters. The number of carboxylic acids is 1. The Kier molecular flexibility index (Phi) is 8.70. The van der Waals surface area contributed by atoms with Crippen LogP contribution in [-0.2, 0) is 30.5 Å². The number of carbonyl (C=O) groups is 1. The number of pyridine rings is 1. The van der Waals surface area contributed by atoms with Crippen molar-refractivity contribution in [1.29, 1.82) is 0 Å². The summed E-state index contributed by atoms with van der Waals surface area (Å²) >= 11 is 0. The summed E-state index contributed by atoms with van der Waals surface area (Å²) in [6.45, 7) is 4.05. The minimum atomic E-state index is -0.711. The fourth-order valence-electron chi connectivity index (χ4n) is 5.51. The molecule has 2 aromatic heterocycles. The minimum Gasteiger partial charge on any atom is -0.481 e. The van der Waals surface area contributed by atoms with Gasteiger partial charge in [0.15, 0.2) is 0 Å². The van der Waals surface area contributed by atoms with Gasteiger partial charge in [-0.3, -0.25) is 14.3 Å². The van der Waals surface area contributed by atoms with Crippen molar-refractivity contribution in [3.8, 4) is 5.69 Å². The molecule has 5 rings (SSSR count). The molecule has 0 aliphatic heterocycles. The second-order valence-electron chi connectivity index (χ2n) is 10.7. The van der Waals surface area contributed by atoms with Gasteiger partial charge in [0.05, 0.1) is 17.1 Å². The zero-order chi connectivity index (χ0) is 27.9. The molecule has 0 spiro atoms. The van der Waals surface area contributed by atoms with Crippen LogP contribution in [0.15, 0.2) is 91.0 Å². The van der Waals surface area contributed by atoms with Gasteiger partial charge < -0.3 is 5.11 Å². The lowest BCUT2D eigenvalue weighted by molar-refractivity contribution is -0.142. The molecular weight excluding hydrogens is 494 g/mol. The number of fused-ring (bicyclic) bond motifs is 1. The molecule has 3 aromatic carbocycles. The van der Waals surface area contributed by atoms with E-state index >= 15 is 0 Å². The van der Waals surface area contributed by atoms with Crippen molar-refractivity contribution in [2.75, 3.05) is 0 Å². The molecule has 0 saturated carbocycles. The summed E-state index contributed by atoms with van der Waals surface area (Å²) in [5.74, 6) is -0.0230. The minimum absolute atomic E-state index is 0.354. The summed E-state index contributed by atoms with van der Waals surface area (Å²) in [7, 11) is 0. The van der Waals surface area contributed by atoms with Crippen LogP contribution in [-0.4, -0.2) is 25.6 Å². The average Bonchev–Trinajstić information content (AvgIpc) is 3.32. The topological polar surface area (TPSA) is 68.0 Å². The fraction of sp³-hybridized carbons (Fsp3) is 0.286. The second kappa shape index (κ2) is 12.7. The molecule has 0 amide bonds. The lowest BCUT2D eigenvalue weighted by Crippen LogP contribution is -2.15. The molecule has 0 fully saturated rings. The number of aliphatic carboxylic acids is 1. The molecule has 1 unspecified atom stereocenters. The maximum Gasteiger partial charge on any atom is 0.306 e. The summed E-state index contributed by atoms with van der Waals surface area (Å²) in [4.78, 5) is 21.6. The van der Waals surface area contributed by atoms with Gasteiger partial charge in [0.2, 0.25) is 0 Å². The zero-order valence-electron chi connectivity index (χ0n) is 23.4. The third-order valence-corrected chi connectivity index (χ3v) is 7.67. The molecule has 40 heavy (non-hydrogen) atoms. The molecule has 5 heteroatoms. The molecule has 0 saturated heterocycles. The quantitative estimate of drug-likeness (QED) is 0.181. The van der Waals surface area contributed by atoms with E-state index in [0.29, 0.717) is 12.8 Å². The predicted molar refractivity (Wildman–Crippen MR) is 161 cm³/mol. The third kappa shape index (κ3) is 6.66. The zero-order valence-corrected chi connectivity index (χ0v) is 23.4. The van der Waals surface area contributed by atoms with Crippen LogP contribution in [0.5, 0.6) is 0 Å². The van der Waals surface area contributed by atoms with Gasteiger partial charge in [-0.1, -0.05) is 72.8 Å². The molecule has 204 valence electrons. The Morgan fingerprint density at radius 2 is 1.32 bits per heavy atom. The first-order chi connectivity index (χ1) is 19.5.